The molecule has 4 aromatic rings. The third-order valence-corrected chi connectivity index (χ3v) is 8.86. The summed E-state index contributed by atoms with van der Waals surface area (Å²) in [5, 5.41) is 28.3. The molecule has 4 rings (SSSR count). The molecule has 0 aliphatic rings. The van der Waals surface area contributed by atoms with Crippen molar-refractivity contribution in [2.75, 3.05) is 0 Å². The topological polar surface area (TPSA) is 63.5 Å². The molecule has 0 bridgehead atoms. The van der Waals surface area contributed by atoms with Gasteiger partial charge in [-0.25, -0.2) is 0 Å². The fourth-order valence-corrected chi connectivity index (χ4v) is 7.77. The minimum absolute atomic E-state index is 0. The predicted octanol–water partition coefficient (Wildman–Crippen LogP) is 1.68. The van der Waals surface area contributed by atoms with Gasteiger partial charge < -0.3 is 15.1 Å². The first-order valence-corrected chi connectivity index (χ1v) is 11.1. The van der Waals surface area contributed by atoms with Crippen molar-refractivity contribution in [3.8, 4) is 0 Å². The second-order valence-electron chi connectivity index (χ2n) is 6.34. The van der Waals surface area contributed by atoms with E-state index >= 15 is 0 Å². The van der Waals surface area contributed by atoms with Crippen LogP contribution in [0.4, 0.5) is 0 Å². The van der Waals surface area contributed by atoms with E-state index in [-0.39, 0.29) is 9.90 Å². The molecule has 0 aromatic heterocycles. The summed E-state index contributed by atoms with van der Waals surface area (Å²) in [5.74, 6) is 0. The zero-order chi connectivity index (χ0) is 20.5. The smallest absolute Gasteiger partial charge is 0.339 e. The minimum Gasteiger partial charge on any atom is -0.832 e. The van der Waals surface area contributed by atoms with E-state index in [1.54, 1.807) is 0 Å². The van der Waals surface area contributed by atoms with E-state index in [1.165, 1.54) is 21.2 Å². The van der Waals surface area contributed by atoms with Gasteiger partial charge in [-0.15, -0.1) is 0 Å². The summed E-state index contributed by atoms with van der Waals surface area (Å²) in [6.07, 6.45) is 0. The quantitative estimate of drug-likeness (QED) is 0.380. The highest BCUT2D eigenvalue weighted by Crippen LogP contribution is 2.53. The van der Waals surface area contributed by atoms with Crippen molar-refractivity contribution in [1.82, 2.24) is 0 Å². The van der Waals surface area contributed by atoms with E-state index in [1.807, 2.05) is 0 Å². The monoisotopic (exact) mass is 434 g/mol. The Bertz CT molecular complexity index is 820. The maximum Gasteiger partial charge on any atom is 0.339 e. The maximum absolute atomic E-state index is 8.64. The fraction of sp³-hybridized carbons (Fsp3) is 0. The van der Waals surface area contributed by atoms with Crippen molar-refractivity contribution < 1.29 is 15.1 Å². The molecule has 0 fully saturated rings. The lowest BCUT2D eigenvalue weighted by Gasteiger charge is -2.27. The van der Waals surface area contributed by atoms with Gasteiger partial charge in [-0.1, -0.05) is 72.8 Å². The van der Waals surface area contributed by atoms with Crippen molar-refractivity contribution in [2.45, 2.75) is 0 Å². The van der Waals surface area contributed by atoms with E-state index in [2.05, 4.69) is 121 Å². The molecule has 6 heteroatoms. The van der Waals surface area contributed by atoms with Gasteiger partial charge in [0, 0.05) is 0 Å². The van der Waals surface area contributed by atoms with Gasteiger partial charge in [0.05, 0.1) is 0 Å². The third kappa shape index (κ3) is 5.43. The Morgan fingerprint density at radius 2 is 0.633 bits per heavy atom. The minimum atomic E-state index is -2.42. The zero-order valence-electron chi connectivity index (χ0n) is 16.6. The molecule has 0 spiro atoms. The van der Waals surface area contributed by atoms with E-state index < -0.39 is 14.6 Å². The Balaban J connectivity index is 0.000000591. The fourth-order valence-electron chi connectivity index (χ4n) is 3.50. The molecule has 0 heterocycles. The Labute approximate surface area is 182 Å². The lowest BCUT2D eigenvalue weighted by molar-refractivity contribution is -0.242. The molecule has 4 aromatic carbocycles. The number of hydrogen-bond donors (Lipinski definition) is 2. The SMILES string of the molecule is P.[O-]B(O)O.c1ccc([P+](c2ccccc2)(c2ccccc2)c2ccccc2)cc1. The van der Waals surface area contributed by atoms with Gasteiger partial charge in [0.15, 0.2) is 0 Å². The third-order valence-electron chi connectivity index (χ3n) is 4.57. The Morgan fingerprint density at radius 3 is 0.800 bits per heavy atom. The summed E-state index contributed by atoms with van der Waals surface area (Å²) in [6, 6.07) is 43.8. The molecular weight excluding hydrogens is 409 g/mol. The summed E-state index contributed by atoms with van der Waals surface area (Å²) in [5.41, 5.74) is 0. The van der Waals surface area contributed by atoms with Gasteiger partial charge in [0.25, 0.3) is 0 Å². The molecule has 3 nitrogen and oxygen atoms in total. The highest BCUT2D eigenvalue weighted by Gasteiger charge is 2.47. The zero-order valence-corrected chi connectivity index (χ0v) is 18.9. The van der Waals surface area contributed by atoms with Gasteiger partial charge >= 0.3 is 7.32 Å². The lowest BCUT2D eigenvalue weighted by atomic mass is 10.3. The van der Waals surface area contributed by atoms with Gasteiger partial charge in [-0.05, 0) is 48.5 Å². The molecule has 0 amide bonds. The molecule has 1 atom stereocenters. The van der Waals surface area contributed by atoms with Crippen molar-refractivity contribution >= 4 is 45.7 Å². The number of hydrogen-bond acceptors (Lipinski definition) is 3. The number of rotatable bonds is 4. The van der Waals surface area contributed by atoms with Crippen LogP contribution in [0.3, 0.4) is 0 Å². The first-order valence-electron chi connectivity index (χ1n) is 9.29. The second kappa shape index (κ2) is 11.8. The Morgan fingerprint density at radius 1 is 0.467 bits per heavy atom. The van der Waals surface area contributed by atoms with E-state index in [9.17, 15) is 0 Å². The molecular formula is C24H25BO3P2. The van der Waals surface area contributed by atoms with Crippen molar-refractivity contribution in [1.29, 1.82) is 0 Å². The van der Waals surface area contributed by atoms with Gasteiger partial charge in [0.1, 0.15) is 28.5 Å². The second-order valence-corrected chi connectivity index (χ2v) is 9.75. The normalized spacial score (nSPS) is 10.2. The summed E-state index contributed by atoms with van der Waals surface area (Å²) >= 11 is 0. The van der Waals surface area contributed by atoms with Crippen LogP contribution in [-0.4, -0.2) is 17.4 Å². The van der Waals surface area contributed by atoms with Crippen LogP contribution < -0.4 is 26.2 Å². The summed E-state index contributed by atoms with van der Waals surface area (Å²) in [6.45, 7) is 0. The Kier molecular flexibility index (Phi) is 9.39. The van der Waals surface area contributed by atoms with Gasteiger partial charge in [-0.3, -0.25) is 0 Å². The van der Waals surface area contributed by atoms with Crippen molar-refractivity contribution in [3.05, 3.63) is 121 Å². The van der Waals surface area contributed by atoms with Crippen LogP contribution in [0.15, 0.2) is 121 Å². The van der Waals surface area contributed by atoms with Crippen LogP contribution in [0.1, 0.15) is 0 Å². The summed E-state index contributed by atoms with van der Waals surface area (Å²) in [4.78, 5) is 0. The van der Waals surface area contributed by atoms with Crippen LogP contribution in [0.2, 0.25) is 0 Å². The molecule has 1 unspecified atom stereocenters. The van der Waals surface area contributed by atoms with Crippen LogP contribution >= 0.6 is 17.2 Å². The molecule has 0 saturated heterocycles. The first kappa shape index (κ1) is 24.0. The summed E-state index contributed by atoms with van der Waals surface area (Å²) < 4.78 is 0. The average Bonchev–Trinajstić information content (AvgIpc) is 2.77. The highest BCUT2D eigenvalue weighted by atomic mass is 31.2. The maximum atomic E-state index is 8.64. The molecule has 0 aliphatic carbocycles. The molecule has 30 heavy (non-hydrogen) atoms. The van der Waals surface area contributed by atoms with E-state index in [0.29, 0.717) is 0 Å². The molecule has 0 aliphatic heterocycles. The van der Waals surface area contributed by atoms with Gasteiger partial charge in [-0.2, -0.15) is 9.90 Å². The average molecular weight is 434 g/mol. The number of benzene rings is 4. The van der Waals surface area contributed by atoms with Crippen LogP contribution in [0.5, 0.6) is 0 Å². The van der Waals surface area contributed by atoms with E-state index in [4.69, 9.17) is 15.1 Å². The predicted molar refractivity (Wildman–Crippen MR) is 133 cm³/mol. The standard InChI is InChI=1S/C24H20P.BH2O3.H3P/c1-5-13-21(14-6-1)25(22-15-7-2-8-16-22,23-17-9-3-10-18-23)24-19-11-4-12-20-24;2-1(3)4;/h1-20H;2-3H;1H3/q+1;-1;. The Hall–Kier alpha value is -2.32. The van der Waals surface area contributed by atoms with Crippen LogP contribution in [0, 0.1) is 0 Å². The molecule has 2 N–H and O–H groups in total. The van der Waals surface area contributed by atoms with Crippen molar-refractivity contribution in [2.24, 2.45) is 0 Å². The summed E-state index contributed by atoms with van der Waals surface area (Å²) in [7, 11) is -4.32. The largest absolute Gasteiger partial charge is 0.832 e. The molecule has 152 valence electrons. The molecule has 0 saturated carbocycles. The first-order chi connectivity index (χ1) is 14.2. The van der Waals surface area contributed by atoms with E-state index in [0.717, 1.165) is 0 Å². The van der Waals surface area contributed by atoms with Gasteiger partial charge in [0.2, 0.25) is 0 Å². The highest BCUT2D eigenvalue weighted by molar-refractivity contribution is 8.01. The van der Waals surface area contributed by atoms with Crippen LogP contribution in [0.25, 0.3) is 0 Å². The molecule has 0 radical (unpaired) electrons. The lowest BCUT2D eigenvalue weighted by Crippen LogP contribution is -2.38. The van der Waals surface area contributed by atoms with Crippen molar-refractivity contribution in [3.63, 3.8) is 0 Å². The van der Waals surface area contributed by atoms with Crippen LogP contribution in [-0.2, 0) is 0 Å².